The van der Waals surface area contributed by atoms with Gasteiger partial charge in [-0.05, 0) is 36.1 Å². The van der Waals surface area contributed by atoms with E-state index in [0.29, 0.717) is 40.2 Å². The lowest BCUT2D eigenvalue weighted by atomic mass is 10.1. The quantitative estimate of drug-likeness (QED) is 0.444. The highest BCUT2D eigenvalue weighted by molar-refractivity contribution is 7.91. The molecule has 0 unspecified atom stereocenters. The molecular weight excluding hydrogens is 426 g/mol. The number of methoxy groups -OCH3 is 1. The Morgan fingerprint density at radius 1 is 1.33 bits per heavy atom. The fourth-order valence-corrected chi connectivity index (χ4v) is 6.14. The second-order valence-electron chi connectivity index (χ2n) is 7.05. The van der Waals surface area contributed by atoms with Gasteiger partial charge in [-0.25, -0.2) is 22.9 Å². The van der Waals surface area contributed by atoms with Gasteiger partial charge in [0.15, 0.2) is 21.2 Å². The molecule has 1 saturated heterocycles. The smallest absolute Gasteiger partial charge is 0.338 e. The van der Waals surface area contributed by atoms with Crippen LogP contribution in [0.3, 0.4) is 0 Å². The molecule has 0 bridgehead atoms. The molecule has 10 heteroatoms. The van der Waals surface area contributed by atoms with Crippen molar-refractivity contribution in [3.8, 4) is 22.0 Å². The van der Waals surface area contributed by atoms with Crippen LogP contribution < -0.4 is 0 Å². The first-order valence-corrected chi connectivity index (χ1v) is 12.0. The second kappa shape index (κ2) is 7.06. The minimum atomic E-state index is -3.14. The van der Waals surface area contributed by atoms with Gasteiger partial charge in [0.05, 0.1) is 52.4 Å². The van der Waals surface area contributed by atoms with Crippen LogP contribution in [-0.2, 0) is 14.6 Å². The molecule has 1 fully saturated rings. The Balaban J connectivity index is 1.83. The van der Waals surface area contributed by atoms with Crippen LogP contribution in [0.5, 0.6) is 0 Å². The van der Waals surface area contributed by atoms with E-state index in [1.54, 1.807) is 22.9 Å². The summed E-state index contributed by atoms with van der Waals surface area (Å²) in [6.45, 7) is 0. The van der Waals surface area contributed by atoms with Gasteiger partial charge in [0.25, 0.3) is 0 Å². The van der Waals surface area contributed by atoms with Crippen LogP contribution >= 0.6 is 11.3 Å². The number of carbonyl (C=O) groups is 1. The van der Waals surface area contributed by atoms with Gasteiger partial charge >= 0.3 is 5.97 Å². The molecule has 30 heavy (non-hydrogen) atoms. The van der Waals surface area contributed by atoms with E-state index in [9.17, 15) is 13.2 Å². The number of esters is 1. The van der Waals surface area contributed by atoms with Crippen molar-refractivity contribution < 1.29 is 22.4 Å². The summed E-state index contributed by atoms with van der Waals surface area (Å²) in [5, 5.41) is 7.08. The lowest BCUT2D eigenvalue weighted by molar-refractivity contribution is 0.0603. The number of ether oxygens (including phenoxy) is 1. The average molecular weight is 444 g/mol. The van der Waals surface area contributed by atoms with Gasteiger partial charge in [-0.1, -0.05) is 6.07 Å². The van der Waals surface area contributed by atoms with E-state index in [1.165, 1.54) is 24.7 Å². The number of nitrogens with zero attached hydrogens (tertiary/aromatic N) is 3. The molecule has 0 aromatic carbocycles. The Morgan fingerprint density at radius 3 is 2.83 bits per heavy atom. The summed E-state index contributed by atoms with van der Waals surface area (Å²) in [4.78, 5) is 18.4. The van der Waals surface area contributed by atoms with E-state index in [-0.39, 0.29) is 17.5 Å². The third kappa shape index (κ3) is 3.12. The average Bonchev–Trinajstić information content (AvgIpc) is 3.51. The van der Waals surface area contributed by atoms with Crippen molar-refractivity contribution in [3.63, 3.8) is 0 Å². The van der Waals surface area contributed by atoms with Crippen LogP contribution in [0.15, 0.2) is 46.4 Å². The van der Waals surface area contributed by atoms with Crippen LogP contribution in [0.4, 0.5) is 0 Å². The molecule has 4 aromatic rings. The summed E-state index contributed by atoms with van der Waals surface area (Å²) in [6, 6.07) is 8.60. The second-order valence-corrected chi connectivity index (χ2v) is 10.2. The summed E-state index contributed by atoms with van der Waals surface area (Å²) in [7, 11) is -1.82. The van der Waals surface area contributed by atoms with E-state index in [1.807, 2.05) is 17.5 Å². The number of hydrogen-bond acceptors (Lipinski definition) is 8. The van der Waals surface area contributed by atoms with Crippen molar-refractivity contribution in [1.29, 1.82) is 0 Å². The maximum atomic E-state index is 12.7. The SMILES string of the molecule is COC(=O)c1cc(-c2cccs2)nc2c1c(-c1ccco1)nn2[C@@H]1CCS(=O)(=O)C1. The van der Waals surface area contributed by atoms with Gasteiger partial charge in [0.1, 0.15) is 5.69 Å². The Kier molecular flexibility index (Phi) is 4.48. The van der Waals surface area contributed by atoms with Crippen molar-refractivity contribution in [2.45, 2.75) is 12.5 Å². The largest absolute Gasteiger partial charge is 0.465 e. The van der Waals surface area contributed by atoms with E-state index < -0.39 is 15.8 Å². The zero-order chi connectivity index (χ0) is 20.9. The van der Waals surface area contributed by atoms with Crippen molar-refractivity contribution in [3.05, 3.63) is 47.5 Å². The van der Waals surface area contributed by atoms with Gasteiger partial charge in [-0.2, -0.15) is 5.10 Å². The number of carbonyl (C=O) groups excluding carboxylic acids is 1. The molecule has 0 amide bonds. The standard InChI is InChI=1S/C20H17N3O5S2/c1-27-20(24)13-10-14(16-5-3-8-29-16)21-19-17(13)18(15-4-2-7-28-15)22-23(19)12-6-9-30(25,26)11-12/h2-5,7-8,10,12H,6,9,11H2,1H3/t12-/m1/s1. The number of thiophene rings is 1. The molecule has 1 atom stereocenters. The third-order valence-corrected chi connectivity index (χ3v) is 7.79. The Hall–Kier alpha value is -2.98. The first-order valence-electron chi connectivity index (χ1n) is 9.26. The van der Waals surface area contributed by atoms with Crippen molar-refractivity contribution in [2.75, 3.05) is 18.6 Å². The van der Waals surface area contributed by atoms with Gasteiger partial charge in [-0.3, -0.25) is 0 Å². The molecule has 0 N–H and O–H groups in total. The first kappa shape index (κ1) is 19.0. The van der Waals surface area contributed by atoms with Crippen molar-refractivity contribution in [2.24, 2.45) is 0 Å². The van der Waals surface area contributed by atoms with E-state index in [0.717, 1.165) is 4.88 Å². The number of hydrogen-bond donors (Lipinski definition) is 0. The van der Waals surface area contributed by atoms with Crippen molar-refractivity contribution >= 4 is 38.2 Å². The first-order chi connectivity index (χ1) is 14.5. The van der Waals surface area contributed by atoms with E-state index >= 15 is 0 Å². The molecule has 1 aliphatic rings. The molecule has 0 radical (unpaired) electrons. The zero-order valence-electron chi connectivity index (χ0n) is 15.9. The number of rotatable bonds is 4. The lowest BCUT2D eigenvalue weighted by Crippen LogP contribution is -2.13. The Bertz CT molecular complexity index is 1340. The van der Waals surface area contributed by atoms with E-state index in [2.05, 4.69) is 5.10 Å². The number of fused-ring (bicyclic) bond motifs is 1. The Labute approximate surface area is 176 Å². The summed E-state index contributed by atoms with van der Waals surface area (Å²) in [5.74, 6) is 0.0331. The van der Waals surface area contributed by atoms with Gasteiger partial charge < -0.3 is 9.15 Å². The highest BCUT2D eigenvalue weighted by Crippen LogP contribution is 2.37. The normalized spacial score (nSPS) is 18.1. The summed E-state index contributed by atoms with van der Waals surface area (Å²) >= 11 is 1.50. The van der Waals surface area contributed by atoms with Gasteiger partial charge in [0.2, 0.25) is 0 Å². The molecule has 154 valence electrons. The Morgan fingerprint density at radius 2 is 2.20 bits per heavy atom. The van der Waals surface area contributed by atoms with Gasteiger partial charge in [-0.15, -0.1) is 11.3 Å². The van der Waals surface area contributed by atoms with Crippen molar-refractivity contribution in [1.82, 2.24) is 14.8 Å². The summed E-state index contributed by atoms with van der Waals surface area (Å²) in [6.07, 6.45) is 1.96. The molecule has 0 saturated carbocycles. The fourth-order valence-electron chi connectivity index (χ4n) is 3.77. The predicted molar refractivity (Wildman–Crippen MR) is 112 cm³/mol. The zero-order valence-corrected chi connectivity index (χ0v) is 17.6. The third-order valence-electron chi connectivity index (χ3n) is 5.15. The van der Waals surface area contributed by atoms with Crippen LogP contribution in [-0.4, -0.2) is 47.8 Å². The molecule has 5 heterocycles. The van der Waals surface area contributed by atoms with Crippen LogP contribution in [0.2, 0.25) is 0 Å². The highest BCUT2D eigenvalue weighted by atomic mass is 32.2. The molecule has 0 aliphatic carbocycles. The van der Waals surface area contributed by atoms with E-state index in [4.69, 9.17) is 14.1 Å². The molecule has 0 spiro atoms. The minimum Gasteiger partial charge on any atom is -0.465 e. The number of sulfone groups is 1. The molecular formula is C20H17N3O5S2. The topological polar surface area (TPSA) is 104 Å². The maximum absolute atomic E-state index is 12.7. The molecule has 4 aromatic heterocycles. The number of pyridine rings is 1. The monoisotopic (exact) mass is 443 g/mol. The minimum absolute atomic E-state index is 0.0140. The highest BCUT2D eigenvalue weighted by Gasteiger charge is 2.33. The summed E-state index contributed by atoms with van der Waals surface area (Å²) < 4.78 is 36.4. The number of furan rings is 1. The maximum Gasteiger partial charge on any atom is 0.338 e. The molecule has 5 rings (SSSR count). The van der Waals surface area contributed by atoms with Crippen LogP contribution in [0.25, 0.3) is 33.1 Å². The lowest BCUT2D eigenvalue weighted by Gasteiger charge is -2.11. The predicted octanol–water partition coefficient (Wildman–Crippen LogP) is 3.57. The molecule has 1 aliphatic heterocycles. The summed E-state index contributed by atoms with van der Waals surface area (Å²) in [5.41, 5.74) is 1.79. The van der Waals surface area contributed by atoms with Crippen LogP contribution in [0, 0.1) is 0 Å². The number of aromatic nitrogens is 3. The van der Waals surface area contributed by atoms with Gasteiger partial charge in [0, 0.05) is 0 Å². The van der Waals surface area contributed by atoms with Crippen LogP contribution in [0.1, 0.15) is 22.8 Å². The fraction of sp³-hybridized carbons (Fsp3) is 0.250. The molecule has 8 nitrogen and oxygen atoms in total.